The SMILES string of the molecule is COc1ccccc1Cn1nc(-c2cc(C(=O)O)ccc2OC)cc1-c1ccc(Cl)cc1. The molecule has 0 unspecified atom stereocenters. The summed E-state index contributed by atoms with van der Waals surface area (Å²) in [5.41, 5.74) is 4.10. The lowest BCUT2D eigenvalue weighted by Crippen LogP contribution is -2.05. The van der Waals surface area contributed by atoms with E-state index < -0.39 is 5.97 Å². The summed E-state index contributed by atoms with van der Waals surface area (Å²) in [5.74, 6) is 0.289. The molecule has 4 aromatic rings. The van der Waals surface area contributed by atoms with E-state index >= 15 is 0 Å². The number of carboxylic acid groups (broad SMARTS) is 1. The van der Waals surface area contributed by atoms with Crippen LogP contribution in [0.2, 0.25) is 5.02 Å². The molecule has 1 N–H and O–H groups in total. The molecule has 0 bridgehead atoms. The molecule has 0 saturated carbocycles. The van der Waals surface area contributed by atoms with Crippen molar-refractivity contribution in [2.24, 2.45) is 0 Å². The highest BCUT2D eigenvalue weighted by Crippen LogP contribution is 2.34. The number of hydrogen-bond acceptors (Lipinski definition) is 4. The van der Waals surface area contributed by atoms with Crippen molar-refractivity contribution < 1.29 is 19.4 Å². The average Bonchev–Trinajstić information content (AvgIpc) is 3.23. The molecule has 0 radical (unpaired) electrons. The number of ether oxygens (including phenoxy) is 2. The second kappa shape index (κ2) is 9.16. The van der Waals surface area contributed by atoms with Crippen LogP contribution in [0.4, 0.5) is 0 Å². The van der Waals surface area contributed by atoms with Gasteiger partial charge >= 0.3 is 5.97 Å². The molecule has 0 aliphatic rings. The molecule has 0 fully saturated rings. The summed E-state index contributed by atoms with van der Waals surface area (Å²) >= 11 is 6.08. The first kappa shape index (κ1) is 21.5. The molecule has 0 atom stereocenters. The lowest BCUT2D eigenvalue weighted by Gasteiger charge is -2.11. The number of benzene rings is 3. The fourth-order valence-electron chi connectivity index (χ4n) is 3.56. The van der Waals surface area contributed by atoms with Gasteiger partial charge in [-0.15, -0.1) is 0 Å². The predicted octanol–water partition coefficient (Wildman–Crippen LogP) is 5.63. The van der Waals surface area contributed by atoms with Gasteiger partial charge in [-0.05, 0) is 48.0 Å². The minimum absolute atomic E-state index is 0.160. The highest BCUT2D eigenvalue weighted by molar-refractivity contribution is 6.30. The van der Waals surface area contributed by atoms with Crippen molar-refractivity contribution >= 4 is 17.6 Å². The fraction of sp³-hybridized carbons (Fsp3) is 0.120. The first-order chi connectivity index (χ1) is 15.5. The average molecular weight is 449 g/mol. The van der Waals surface area contributed by atoms with E-state index in [0.717, 1.165) is 22.6 Å². The van der Waals surface area contributed by atoms with Gasteiger partial charge in [0.05, 0.1) is 37.7 Å². The zero-order chi connectivity index (χ0) is 22.7. The van der Waals surface area contributed by atoms with Crippen LogP contribution >= 0.6 is 11.6 Å². The lowest BCUT2D eigenvalue weighted by molar-refractivity contribution is 0.0697. The minimum Gasteiger partial charge on any atom is -0.496 e. The third-order valence-corrected chi connectivity index (χ3v) is 5.41. The van der Waals surface area contributed by atoms with Crippen LogP contribution in [0.15, 0.2) is 72.8 Å². The Hall–Kier alpha value is -3.77. The van der Waals surface area contributed by atoms with E-state index in [1.54, 1.807) is 26.4 Å². The summed E-state index contributed by atoms with van der Waals surface area (Å²) in [6, 6.07) is 21.9. The number of methoxy groups -OCH3 is 2. The van der Waals surface area contributed by atoms with E-state index in [4.69, 9.17) is 26.2 Å². The van der Waals surface area contributed by atoms with Gasteiger partial charge in [-0.25, -0.2) is 4.79 Å². The topological polar surface area (TPSA) is 73.6 Å². The van der Waals surface area contributed by atoms with Gasteiger partial charge in [-0.1, -0.05) is 41.9 Å². The summed E-state index contributed by atoms with van der Waals surface area (Å²) in [6.45, 7) is 0.461. The maximum Gasteiger partial charge on any atom is 0.335 e. The molecule has 3 aromatic carbocycles. The first-order valence-corrected chi connectivity index (χ1v) is 10.3. The summed E-state index contributed by atoms with van der Waals surface area (Å²) in [6.07, 6.45) is 0. The van der Waals surface area contributed by atoms with E-state index in [-0.39, 0.29) is 5.56 Å². The van der Waals surface area contributed by atoms with Crippen molar-refractivity contribution in [2.45, 2.75) is 6.54 Å². The van der Waals surface area contributed by atoms with Crippen molar-refractivity contribution in [3.8, 4) is 34.0 Å². The van der Waals surface area contributed by atoms with Crippen molar-refractivity contribution in [1.29, 1.82) is 0 Å². The summed E-state index contributed by atoms with van der Waals surface area (Å²) < 4.78 is 12.8. The molecule has 1 heterocycles. The molecular weight excluding hydrogens is 428 g/mol. The smallest absolute Gasteiger partial charge is 0.335 e. The monoisotopic (exact) mass is 448 g/mol. The summed E-state index contributed by atoms with van der Waals surface area (Å²) in [5, 5.41) is 14.9. The van der Waals surface area contributed by atoms with Crippen molar-refractivity contribution in [3.63, 3.8) is 0 Å². The van der Waals surface area contributed by atoms with E-state index in [9.17, 15) is 9.90 Å². The Kier molecular flexibility index (Phi) is 6.14. The second-order valence-electron chi connectivity index (χ2n) is 7.11. The van der Waals surface area contributed by atoms with E-state index in [0.29, 0.717) is 28.6 Å². The van der Waals surface area contributed by atoms with Crippen LogP contribution in [0, 0.1) is 0 Å². The Balaban J connectivity index is 1.87. The van der Waals surface area contributed by atoms with Crippen molar-refractivity contribution in [2.75, 3.05) is 14.2 Å². The number of carboxylic acids is 1. The van der Waals surface area contributed by atoms with Crippen LogP contribution < -0.4 is 9.47 Å². The maximum atomic E-state index is 11.5. The fourth-order valence-corrected chi connectivity index (χ4v) is 3.68. The second-order valence-corrected chi connectivity index (χ2v) is 7.55. The molecule has 4 rings (SSSR count). The van der Waals surface area contributed by atoms with Gasteiger partial charge in [0.15, 0.2) is 0 Å². The van der Waals surface area contributed by atoms with E-state index in [2.05, 4.69) is 0 Å². The minimum atomic E-state index is -1.01. The van der Waals surface area contributed by atoms with Crippen LogP contribution in [0.1, 0.15) is 15.9 Å². The molecule has 1 aromatic heterocycles. The molecule has 0 aliphatic heterocycles. The van der Waals surface area contributed by atoms with E-state index in [1.807, 2.05) is 59.3 Å². The standard InChI is InChI=1S/C25H21ClN2O4/c1-31-23-6-4-3-5-18(23)15-28-22(16-7-10-19(26)11-8-16)14-21(27-28)20-13-17(25(29)30)9-12-24(20)32-2/h3-14H,15H2,1-2H3,(H,29,30). The zero-order valence-corrected chi connectivity index (χ0v) is 18.3. The number of para-hydroxylation sites is 1. The number of rotatable bonds is 7. The third-order valence-electron chi connectivity index (χ3n) is 5.15. The summed E-state index contributed by atoms with van der Waals surface area (Å²) in [7, 11) is 3.18. The third kappa shape index (κ3) is 4.31. The predicted molar refractivity (Wildman–Crippen MR) is 124 cm³/mol. The Labute approximate surface area is 190 Å². The molecule has 162 valence electrons. The first-order valence-electron chi connectivity index (χ1n) is 9.87. The Morgan fingerprint density at radius 3 is 2.38 bits per heavy atom. The van der Waals surface area contributed by atoms with Crippen LogP contribution in [0.25, 0.3) is 22.5 Å². The molecule has 0 saturated heterocycles. The van der Waals surface area contributed by atoms with Crippen LogP contribution in [0.5, 0.6) is 11.5 Å². The molecule has 6 nitrogen and oxygen atoms in total. The largest absolute Gasteiger partial charge is 0.496 e. The van der Waals surface area contributed by atoms with Crippen molar-refractivity contribution in [3.05, 3.63) is 88.9 Å². The number of aromatic nitrogens is 2. The van der Waals surface area contributed by atoms with Crippen LogP contribution in [-0.2, 0) is 6.54 Å². The number of carbonyl (C=O) groups is 1. The van der Waals surface area contributed by atoms with Gasteiger partial charge in [0, 0.05) is 16.1 Å². The Morgan fingerprint density at radius 1 is 0.969 bits per heavy atom. The summed E-state index contributed by atoms with van der Waals surface area (Å²) in [4.78, 5) is 11.5. The lowest BCUT2D eigenvalue weighted by atomic mass is 10.1. The van der Waals surface area contributed by atoms with Crippen LogP contribution in [-0.4, -0.2) is 35.1 Å². The maximum absolute atomic E-state index is 11.5. The molecule has 7 heteroatoms. The van der Waals surface area contributed by atoms with Gasteiger partial charge in [0.1, 0.15) is 11.5 Å². The van der Waals surface area contributed by atoms with Gasteiger partial charge in [0.2, 0.25) is 0 Å². The molecule has 0 aliphatic carbocycles. The van der Waals surface area contributed by atoms with Crippen LogP contribution in [0.3, 0.4) is 0 Å². The molecule has 0 spiro atoms. The van der Waals surface area contributed by atoms with Crippen molar-refractivity contribution in [1.82, 2.24) is 9.78 Å². The zero-order valence-electron chi connectivity index (χ0n) is 17.6. The quantitative estimate of drug-likeness (QED) is 0.396. The highest BCUT2D eigenvalue weighted by Gasteiger charge is 2.18. The number of nitrogens with zero attached hydrogens (tertiary/aromatic N) is 2. The van der Waals surface area contributed by atoms with E-state index in [1.165, 1.54) is 6.07 Å². The molecule has 32 heavy (non-hydrogen) atoms. The number of hydrogen-bond donors (Lipinski definition) is 1. The van der Waals surface area contributed by atoms with Gasteiger partial charge in [-0.2, -0.15) is 5.10 Å². The highest BCUT2D eigenvalue weighted by atomic mass is 35.5. The Bertz CT molecular complexity index is 1270. The van der Waals surface area contributed by atoms with Gasteiger partial charge < -0.3 is 14.6 Å². The van der Waals surface area contributed by atoms with Gasteiger partial charge in [-0.3, -0.25) is 4.68 Å². The number of halogens is 1. The number of aromatic carboxylic acids is 1. The Morgan fingerprint density at radius 2 is 1.69 bits per heavy atom. The molecule has 0 amide bonds. The van der Waals surface area contributed by atoms with Gasteiger partial charge in [0.25, 0.3) is 0 Å². The normalized spacial score (nSPS) is 10.7. The molecular formula is C25H21ClN2O4.